The molecule has 3 aromatic rings. The van der Waals surface area contributed by atoms with Crippen LogP contribution >= 0.6 is 11.6 Å². The third-order valence-corrected chi connectivity index (χ3v) is 6.45. The molecule has 0 aliphatic carbocycles. The van der Waals surface area contributed by atoms with Crippen LogP contribution in [0.1, 0.15) is 44.7 Å². The molecule has 4 heteroatoms. The van der Waals surface area contributed by atoms with Gasteiger partial charge in [-0.1, -0.05) is 81.6 Å². The third-order valence-electron chi connectivity index (χ3n) is 6.14. The molecule has 4 rings (SSSR count). The first-order chi connectivity index (χ1) is 16.4. The van der Waals surface area contributed by atoms with Crippen molar-refractivity contribution in [2.45, 2.75) is 33.6 Å². The molecule has 0 spiro atoms. The fourth-order valence-electron chi connectivity index (χ4n) is 3.79. The van der Waals surface area contributed by atoms with Gasteiger partial charge in [-0.3, -0.25) is 0 Å². The fourth-order valence-corrected chi connectivity index (χ4v) is 4.05. The van der Waals surface area contributed by atoms with E-state index in [0.29, 0.717) is 5.02 Å². The molecule has 1 aliphatic heterocycles. The van der Waals surface area contributed by atoms with E-state index >= 15 is 0 Å². The van der Waals surface area contributed by atoms with E-state index in [4.69, 9.17) is 23.0 Å². The number of benzene rings is 2. The van der Waals surface area contributed by atoms with Gasteiger partial charge in [0.1, 0.15) is 0 Å². The van der Waals surface area contributed by atoms with Crippen molar-refractivity contribution in [3.63, 3.8) is 0 Å². The Hall–Kier alpha value is -3.22. The maximum atomic E-state index is 6.58. The Morgan fingerprint density at radius 3 is 2.15 bits per heavy atom. The Balaban J connectivity index is 0.000000751. The molecular formula is C30H34ClN3. The zero-order chi connectivity index (χ0) is 24.7. The lowest BCUT2D eigenvalue weighted by Crippen LogP contribution is -2.44. The summed E-state index contributed by atoms with van der Waals surface area (Å²) in [5, 5.41) is 1.62. The van der Waals surface area contributed by atoms with E-state index in [2.05, 4.69) is 61.8 Å². The van der Waals surface area contributed by atoms with Crippen LogP contribution in [0.2, 0.25) is 5.02 Å². The molecule has 1 fully saturated rings. The van der Waals surface area contributed by atoms with Gasteiger partial charge in [-0.2, -0.15) is 0 Å². The number of aromatic nitrogens is 1. The molecule has 0 atom stereocenters. The molecule has 1 aliphatic rings. The number of unbranched alkanes of at least 4 members (excludes halogenated alkanes) is 1. The highest BCUT2D eigenvalue weighted by atomic mass is 35.5. The van der Waals surface area contributed by atoms with E-state index in [1.54, 1.807) is 0 Å². The molecular weight excluding hydrogens is 438 g/mol. The second-order valence-electron chi connectivity index (χ2n) is 8.60. The van der Waals surface area contributed by atoms with Crippen LogP contribution in [0.15, 0.2) is 67.4 Å². The Morgan fingerprint density at radius 1 is 0.971 bits per heavy atom. The summed E-state index contributed by atoms with van der Waals surface area (Å²) >= 11 is 6.58. The van der Waals surface area contributed by atoms with Crippen LogP contribution in [0.25, 0.3) is 27.9 Å². The summed E-state index contributed by atoms with van der Waals surface area (Å²) in [6, 6.07) is 15.9. The second kappa shape index (κ2) is 11.8. The Labute approximate surface area is 209 Å². The lowest BCUT2D eigenvalue weighted by atomic mass is 10.0. The number of nitrogens with zero attached hydrogens (tertiary/aromatic N) is 3. The molecule has 0 N–H and O–H groups in total. The van der Waals surface area contributed by atoms with Crippen molar-refractivity contribution in [1.29, 1.82) is 0 Å². The lowest BCUT2D eigenvalue weighted by molar-refractivity contribution is 0.215. The molecule has 34 heavy (non-hydrogen) atoms. The van der Waals surface area contributed by atoms with E-state index in [1.165, 1.54) is 12.8 Å². The highest BCUT2D eigenvalue weighted by Gasteiger charge is 2.19. The summed E-state index contributed by atoms with van der Waals surface area (Å²) in [5.74, 6) is 2.64. The average Bonchev–Trinajstić information content (AvgIpc) is 2.88. The Morgan fingerprint density at radius 2 is 1.59 bits per heavy atom. The van der Waals surface area contributed by atoms with E-state index < -0.39 is 0 Å². The maximum absolute atomic E-state index is 6.58. The predicted octanol–water partition coefficient (Wildman–Crippen LogP) is 7.46. The fraction of sp³-hybridized carbons (Fsp3) is 0.300. The van der Waals surface area contributed by atoms with E-state index in [-0.39, 0.29) is 0 Å². The number of pyridine rings is 1. The highest BCUT2D eigenvalue weighted by molar-refractivity contribution is 6.35. The van der Waals surface area contributed by atoms with Gasteiger partial charge in [-0.25, -0.2) is 4.98 Å². The Kier molecular flexibility index (Phi) is 8.79. The van der Waals surface area contributed by atoms with Crippen molar-refractivity contribution in [3.8, 4) is 23.6 Å². The molecule has 0 saturated carbocycles. The lowest BCUT2D eigenvalue weighted by Gasteiger charge is -2.38. The Bertz CT molecular complexity index is 1190. The van der Waals surface area contributed by atoms with Crippen LogP contribution in [0.4, 0.5) is 0 Å². The maximum Gasteiger partial charge on any atom is 0.0731 e. The van der Waals surface area contributed by atoms with Crippen LogP contribution in [-0.2, 0) is 0 Å². The number of hydrogen-bond donors (Lipinski definition) is 0. The zero-order valence-corrected chi connectivity index (χ0v) is 21.3. The molecule has 0 bridgehead atoms. The number of terminal acetylenes is 1. The summed E-state index contributed by atoms with van der Waals surface area (Å²) in [6.45, 7) is 18.6. The number of allylic oxidation sites excluding steroid dienone is 1. The molecule has 0 radical (unpaired) electrons. The quantitative estimate of drug-likeness (QED) is 0.360. The molecule has 2 heterocycles. The summed E-state index contributed by atoms with van der Waals surface area (Å²) in [7, 11) is 0. The third kappa shape index (κ3) is 6.01. The molecule has 2 aromatic carbocycles. The largest absolute Gasteiger partial charge is 0.372 e. The van der Waals surface area contributed by atoms with E-state index in [0.717, 1.165) is 70.9 Å². The van der Waals surface area contributed by atoms with Gasteiger partial charge >= 0.3 is 0 Å². The van der Waals surface area contributed by atoms with E-state index in [1.807, 2.05) is 36.4 Å². The second-order valence-corrected chi connectivity index (χ2v) is 9.01. The smallest absolute Gasteiger partial charge is 0.0731 e. The van der Waals surface area contributed by atoms with Crippen LogP contribution in [-0.4, -0.2) is 41.0 Å². The van der Waals surface area contributed by atoms with Gasteiger partial charge in [0.15, 0.2) is 0 Å². The first-order valence-electron chi connectivity index (χ1n) is 11.9. The zero-order valence-electron chi connectivity index (χ0n) is 20.6. The molecule has 3 nitrogen and oxygen atoms in total. The molecule has 176 valence electrons. The minimum absolute atomic E-state index is 0.684. The normalized spacial score (nSPS) is 13.1. The van der Waals surface area contributed by atoms with Crippen molar-refractivity contribution >= 4 is 28.2 Å². The van der Waals surface area contributed by atoms with E-state index in [9.17, 15) is 0 Å². The first-order valence-corrected chi connectivity index (χ1v) is 12.3. The van der Waals surface area contributed by atoms with Gasteiger partial charge in [0, 0.05) is 54.1 Å². The summed E-state index contributed by atoms with van der Waals surface area (Å²) < 4.78 is 0. The highest BCUT2D eigenvalue weighted by Crippen LogP contribution is 2.31. The first kappa shape index (κ1) is 25.4. The predicted molar refractivity (Wildman–Crippen MR) is 148 cm³/mol. The minimum atomic E-state index is 0.684. The van der Waals surface area contributed by atoms with Gasteiger partial charge < -0.3 is 9.80 Å². The van der Waals surface area contributed by atoms with Gasteiger partial charge in [0.05, 0.1) is 16.2 Å². The minimum Gasteiger partial charge on any atom is -0.372 e. The number of halogens is 1. The van der Waals surface area contributed by atoms with Crippen LogP contribution in [0, 0.1) is 12.3 Å². The van der Waals surface area contributed by atoms with Gasteiger partial charge in [-0.15, -0.1) is 6.42 Å². The summed E-state index contributed by atoms with van der Waals surface area (Å²) in [6.07, 6.45) is 8.10. The monoisotopic (exact) mass is 471 g/mol. The number of fused-ring (bicyclic) bond motifs is 1. The van der Waals surface area contributed by atoms with Crippen molar-refractivity contribution in [2.24, 2.45) is 0 Å². The number of rotatable bonds is 5. The van der Waals surface area contributed by atoms with Crippen LogP contribution in [0.3, 0.4) is 0 Å². The summed E-state index contributed by atoms with van der Waals surface area (Å²) in [4.78, 5) is 9.50. The number of piperazine rings is 1. The van der Waals surface area contributed by atoms with Crippen molar-refractivity contribution < 1.29 is 0 Å². The van der Waals surface area contributed by atoms with Gasteiger partial charge in [-0.05, 0) is 36.8 Å². The standard InChI is InChI=1S/C26H24ClN3.C4H10/c1-5-20-6-8-21(9-7-20)25-17-24(27)23-11-10-22(16-26(23)28-25)19(4)30-14-12-29(13-15-30)18(2)3;1-3-4-2/h1,6-11,16-17H,2,4,12-15H2,3H3;3-4H2,1-2H3. The van der Waals surface area contributed by atoms with Crippen molar-refractivity contribution in [2.75, 3.05) is 26.2 Å². The number of hydrogen-bond acceptors (Lipinski definition) is 3. The topological polar surface area (TPSA) is 19.4 Å². The van der Waals surface area contributed by atoms with Crippen molar-refractivity contribution in [1.82, 2.24) is 14.8 Å². The van der Waals surface area contributed by atoms with Gasteiger partial charge in [0.25, 0.3) is 0 Å². The molecule has 0 amide bonds. The molecule has 1 saturated heterocycles. The van der Waals surface area contributed by atoms with Crippen LogP contribution < -0.4 is 0 Å². The SMILES string of the molecule is C#Cc1ccc(-c2cc(Cl)c3ccc(C(=C)N4CCN(C(=C)C)CC4)cc3n2)cc1.CCCC. The average molecular weight is 472 g/mol. The molecule has 1 aromatic heterocycles. The van der Waals surface area contributed by atoms with Crippen molar-refractivity contribution in [3.05, 3.63) is 83.5 Å². The molecule has 0 unspecified atom stereocenters. The summed E-state index contributed by atoms with van der Waals surface area (Å²) in [5.41, 5.74) is 6.71. The van der Waals surface area contributed by atoms with Gasteiger partial charge in [0.2, 0.25) is 0 Å². The van der Waals surface area contributed by atoms with Crippen LogP contribution in [0.5, 0.6) is 0 Å².